The molecule has 2 heterocycles. The van der Waals surface area contributed by atoms with Crippen LogP contribution in [0.1, 0.15) is 30.3 Å². The van der Waals surface area contributed by atoms with Crippen LogP contribution in [0, 0.1) is 0 Å². The van der Waals surface area contributed by atoms with Gasteiger partial charge in [-0.15, -0.1) is 0 Å². The van der Waals surface area contributed by atoms with E-state index in [1.165, 1.54) is 0 Å². The normalized spacial score (nSPS) is 24.4. The molecule has 0 spiro atoms. The van der Waals surface area contributed by atoms with Gasteiger partial charge in [-0.1, -0.05) is 12.2 Å². The summed E-state index contributed by atoms with van der Waals surface area (Å²) in [6, 6.07) is 0. The maximum absolute atomic E-state index is 14.0. The lowest BCUT2D eigenvalue weighted by atomic mass is 9.93. The number of hydrogen-bond donors (Lipinski definition) is 0. The van der Waals surface area contributed by atoms with Gasteiger partial charge < -0.3 is 4.90 Å². The van der Waals surface area contributed by atoms with Gasteiger partial charge in [0.15, 0.2) is 0 Å². The monoisotopic (exact) mass is 342 g/mol. The molecule has 1 aromatic rings. The average molecular weight is 342 g/mol. The van der Waals surface area contributed by atoms with Crippen LogP contribution in [0.4, 0.5) is 4.39 Å². The zero-order valence-corrected chi connectivity index (χ0v) is 14.9. The van der Waals surface area contributed by atoms with Crippen molar-refractivity contribution in [1.82, 2.24) is 19.6 Å². The number of halogens is 1. The van der Waals surface area contributed by atoms with Crippen molar-refractivity contribution >= 4 is 19.2 Å². The molecule has 1 amide bonds. The van der Waals surface area contributed by atoms with Gasteiger partial charge in [0.2, 0.25) is 0 Å². The highest BCUT2D eigenvalue weighted by molar-refractivity contribution is 6.36. The number of aryl methyl sites for hydroxylation is 1. The summed E-state index contributed by atoms with van der Waals surface area (Å²) in [7, 11) is 7.60. The minimum atomic E-state index is -1.22. The zero-order valence-electron chi connectivity index (χ0n) is 14.9. The Morgan fingerprint density at radius 2 is 2.08 bits per heavy atom. The third-order valence-corrected chi connectivity index (χ3v) is 4.77. The summed E-state index contributed by atoms with van der Waals surface area (Å²) in [5.41, 5.74) is 0.574. The molecule has 0 N–H and O–H groups in total. The number of piperazine rings is 1. The number of carbonyl (C=O) groups is 1. The van der Waals surface area contributed by atoms with Crippen LogP contribution in [-0.4, -0.2) is 71.7 Å². The van der Waals surface area contributed by atoms with E-state index in [2.05, 4.69) is 10.00 Å². The minimum absolute atomic E-state index is 0.108. The van der Waals surface area contributed by atoms with Crippen molar-refractivity contribution in [1.29, 1.82) is 0 Å². The fourth-order valence-electron chi connectivity index (χ4n) is 3.37. The second-order valence-electron chi connectivity index (χ2n) is 7.09. The number of carbonyl (C=O) groups excluding carboxylic acids is 1. The second-order valence-corrected chi connectivity index (χ2v) is 7.09. The van der Waals surface area contributed by atoms with Crippen LogP contribution in [-0.2, 0) is 7.05 Å². The molecule has 3 rings (SSSR count). The Morgan fingerprint density at radius 3 is 2.68 bits per heavy atom. The smallest absolute Gasteiger partial charge is 0.273 e. The lowest BCUT2D eigenvalue weighted by Gasteiger charge is -2.34. The van der Waals surface area contributed by atoms with Crippen LogP contribution in [0.5, 0.6) is 0 Å². The molecule has 1 saturated heterocycles. The Bertz CT molecular complexity index is 702. The number of aromatic nitrogens is 2. The van der Waals surface area contributed by atoms with Crippen molar-refractivity contribution in [2.75, 3.05) is 32.7 Å². The molecule has 0 saturated carbocycles. The molecule has 7 heteroatoms. The fraction of sp³-hybridized carbons (Fsp3) is 0.556. The van der Waals surface area contributed by atoms with Gasteiger partial charge in [0, 0.05) is 52.4 Å². The Kier molecular flexibility index (Phi) is 5.13. The van der Waals surface area contributed by atoms with Crippen LogP contribution >= 0.6 is 0 Å². The maximum Gasteiger partial charge on any atom is 0.273 e. The Morgan fingerprint density at radius 1 is 1.36 bits per heavy atom. The topological polar surface area (TPSA) is 41.4 Å². The van der Waals surface area contributed by atoms with Gasteiger partial charge in [-0.3, -0.25) is 14.4 Å². The number of amides is 1. The third-order valence-electron chi connectivity index (χ3n) is 4.77. The molecule has 2 radical (unpaired) electrons. The molecule has 1 atom stereocenters. The van der Waals surface area contributed by atoms with Crippen LogP contribution in [0.15, 0.2) is 30.0 Å². The number of hydrogen-bond acceptors (Lipinski definition) is 3. The first-order valence-electron chi connectivity index (χ1n) is 8.72. The highest BCUT2D eigenvalue weighted by Crippen LogP contribution is 2.26. The van der Waals surface area contributed by atoms with Crippen molar-refractivity contribution < 1.29 is 9.18 Å². The molecule has 1 fully saturated rings. The molecule has 1 aromatic heterocycles. The maximum atomic E-state index is 14.0. The van der Waals surface area contributed by atoms with Gasteiger partial charge in [0.05, 0.1) is 0 Å². The molecule has 1 unspecified atom stereocenters. The summed E-state index contributed by atoms with van der Waals surface area (Å²) in [6.45, 7) is 5.42. The van der Waals surface area contributed by atoms with E-state index < -0.39 is 5.67 Å². The lowest BCUT2D eigenvalue weighted by molar-refractivity contribution is 0.0633. The van der Waals surface area contributed by atoms with Crippen LogP contribution < -0.4 is 5.46 Å². The van der Waals surface area contributed by atoms with Gasteiger partial charge in [-0.05, 0) is 30.5 Å². The van der Waals surface area contributed by atoms with E-state index in [1.807, 2.05) is 12.2 Å². The lowest BCUT2D eigenvalue weighted by Crippen LogP contribution is -2.49. The average Bonchev–Trinajstić information content (AvgIpc) is 2.90. The van der Waals surface area contributed by atoms with Crippen molar-refractivity contribution in [2.45, 2.75) is 25.4 Å². The minimum Gasteiger partial charge on any atom is -0.335 e. The van der Waals surface area contributed by atoms with Crippen molar-refractivity contribution in [2.24, 2.45) is 7.05 Å². The zero-order chi connectivity index (χ0) is 18.0. The van der Waals surface area contributed by atoms with E-state index in [-0.39, 0.29) is 5.91 Å². The molecule has 5 nitrogen and oxygen atoms in total. The predicted octanol–water partition coefficient (Wildman–Crippen LogP) is 0.976. The van der Waals surface area contributed by atoms with E-state index in [1.54, 1.807) is 35.8 Å². The Balaban J connectivity index is 1.49. The van der Waals surface area contributed by atoms with E-state index in [0.29, 0.717) is 30.7 Å². The summed E-state index contributed by atoms with van der Waals surface area (Å²) >= 11 is 0. The molecule has 2 aliphatic rings. The van der Waals surface area contributed by atoms with Gasteiger partial charge in [0.25, 0.3) is 5.91 Å². The summed E-state index contributed by atoms with van der Waals surface area (Å²) in [5, 5.41) is 4.15. The van der Waals surface area contributed by atoms with E-state index in [9.17, 15) is 9.18 Å². The summed E-state index contributed by atoms with van der Waals surface area (Å²) in [5.74, 6) is -0.108. The number of alkyl halides is 1. The summed E-state index contributed by atoms with van der Waals surface area (Å²) in [6.07, 6.45) is 8.59. The number of allylic oxidation sites excluding steroid dienone is 3. The van der Waals surface area contributed by atoms with Crippen LogP contribution in [0.2, 0.25) is 0 Å². The molecule has 0 aromatic carbocycles. The molecule has 0 bridgehead atoms. The first-order valence-corrected chi connectivity index (χ1v) is 8.72. The molecule has 1 aliphatic heterocycles. The van der Waals surface area contributed by atoms with Gasteiger partial charge in [0.1, 0.15) is 19.2 Å². The van der Waals surface area contributed by atoms with Crippen molar-refractivity contribution in [3.05, 3.63) is 35.7 Å². The van der Waals surface area contributed by atoms with Gasteiger partial charge in [-0.25, -0.2) is 4.39 Å². The van der Waals surface area contributed by atoms with E-state index in [4.69, 9.17) is 7.85 Å². The van der Waals surface area contributed by atoms with E-state index in [0.717, 1.165) is 31.6 Å². The Labute approximate surface area is 149 Å². The van der Waals surface area contributed by atoms with Crippen molar-refractivity contribution in [3.8, 4) is 0 Å². The van der Waals surface area contributed by atoms with E-state index >= 15 is 0 Å². The third kappa shape index (κ3) is 4.40. The quantitative estimate of drug-likeness (QED) is 0.766. The number of nitrogens with zero attached hydrogens (tertiary/aromatic N) is 4. The number of rotatable bonds is 4. The largest absolute Gasteiger partial charge is 0.335 e. The molecular weight excluding hydrogens is 318 g/mol. The molecular formula is C18H24BFN4O. The van der Waals surface area contributed by atoms with Crippen LogP contribution in [0.25, 0.3) is 0 Å². The summed E-state index contributed by atoms with van der Waals surface area (Å²) < 4.78 is 15.6. The highest BCUT2D eigenvalue weighted by atomic mass is 19.1. The molecule has 132 valence electrons. The van der Waals surface area contributed by atoms with Gasteiger partial charge >= 0.3 is 0 Å². The van der Waals surface area contributed by atoms with Crippen molar-refractivity contribution in [3.63, 3.8) is 0 Å². The molecule has 25 heavy (non-hydrogen) atoms. The standard InChI is InChI=1S/C18H24BFN4O/c1-18(20)6-3-4-14(12-18)5-7-23-8-10-24(11-9-23)17(25)16-15(19)13-22(2)21-16/h3-4,12-13H,5-11H2,1-2H3. The first-order chi connectivity index (χ1) is 11.8. The SMILES string of the molecule is [B]c1cn(C)nc1C(=O)N1CCN(CCC2=CC(C)(F)CC=C2)CC1. The highest BCUT2D eigenvalue weighted by Gasteiger charge is 2.25. The predicted molar refractivity (Wildman–Crippen MR) is 96.9 cm³/mol. The Hall–Kier alpha value is -1.89. The first kappa shape index (κ1) is 17.9. The summed E-state index contributed by atoms with van der Waals surface area (Å²) in [4.78, 5) is 16.6. The fourth-order valence-corrected chi connectivity index (χ4v) is 3.37. The molecule has 1 aliphatic carbocycles. The second kappa shape index (κ2) is 7.16. The van der Waals surface area contributed by atoms with Gasteiger partial charge in [-0.2, -0.15) is 5.10 Å². The van der Waals surface area contributed by atoms with Crippen LogP contribution in [0.3, 0.4) is 0 Å².